The van der Waals surface area contributed by atoms with Gasteiger partial charge in [0, 0.05) is 23.9 Å². The first-order valence-electron chi connectivity index (χ1n) is 12.9. The van der Waals surface area contributed by atoms with Crippen molar-refractivity contribution in [3.8, 4) is 0 Å². The van der Waals surface area contributed by atoms with Gasteiger partial charge in [-0.25, -0.2) is 4.79 Å². The fourth-order valence-electron chi connectivity index (χ4n) is 4.08. The maximum Gasteiger partial charge on any atom is 0.328 e. The highest BCUT2D eigenvalue weighted by Crippen LogP contribution is 2.27. The van der Waals surface area contributed by atoms with Crippen LogP contribution in [0.5, 0.6) is 0 Å². The Morgan fingerprint density at radius 2 is 1.63 bits per heavy atom. The van der Waals surface area contributed by atoms with Crippen LogP contribution in [0, 0.1) is 0 Å². The van der Waals surface area contributed by atoms with Crippen LogP contribution in [0.1, 0.15) is 48.1 Å². The van der Waals surface area contributed by atoms with Gasteiger partial charge in [0.05, 0.1) is 45.0 Å². The average molecular weight is 597 g/mol. The van der Waals surface area contributed by atoms with E-state index in [0.717, 1.165) is 19.1 Å². The van der Waals surface area contributed by atoms with Crippen molar-refractivity contribution in [3.63, 3.8) is 0 Å². The molecule has 0 aromatic heterocycles. The van der Waals surface area contributed by atoms with Crippen molar-refractivity contribution in [3.05, 3.63) is 70.1 Å². The number of azide groups is 1. The number of hydrogen-bond donors (Lipinski definition) is 2. The Hall–Kier alpha value is -5.43. The van der Waals surface area contributed by atoms with Crippen molar-refractivity contribution in [2.75, 3.05) is 33.2 Å². The van der Waals surface area contributed by atoms with Crippen molar-refractivity contribution >= 4 is 47.0 Å². The summed E-state index contributed by atoms with van der Waals surface area (Å²) in [4.78, 5) is 79.6. The molecule has 0 fully saturated rings. The SMILES string of the molecule is COC(=O)CC[C@@H](C(=O)OC)N(CC(=O)NC(CC(=O)OC)c1ccccc1)C(=O)c1cc(NC(C)=O)ccc1N=[N+]=[N-]. The predicted molar refractivity (Wildman–Crippen MR) is 152 cm³/mol. The molecule has 0 radical (unpaired) electrons. The van der Waals surface area contributed by atoms with Gasteiger partial charge in [-0.15, -0.1) is 0 Å². The maximum absolute atomic E-state index is 14.0. The van der Waals surface area contributed by atoms with Gasteiger partial charge in [-0.1, -0.05) is 35.4 Å². The summed E-state index contributed by atoms with van der Waals surface area (Å²) in [6.07, 6.45) is -0.834. The van der Waals surface area contributed by atoms with Crippen molar-refractivity contribution in [2.24, 2.45) is 5.11 Å². The second-order valence-corrected chi connectivity index (χ2v) is 9.00. The Morgan fingerprint density at radius 3 is 2.21 bits per heavy atom. The van der Waals surface area contributed by atoms with Crippen LogP contribution in [0.2, 0.25) is 0 Å². The molecule has 1 unspecified atom stereocenters. The van der Waals surface area contributed by atoms with Crippen LogP contribution in [0.15, 0.2) is 53.6 Å². The summed E-state index contributed by atoms with van der Waals surface area (Å²) in [7, 11) is 3.42. The number of anilines is 1. The molecule has 228 valence electrons. The van der Waals surface area contributed by atoms with Crippen LogP contribution in [0.4, 0.5) is 11.4 Å². The lowest BCUT2D eigenvalue weighted by Gasteiger charge is -2.30. The lowest BCUT2D eigenvalue weighted by molar-refractivity contribution is -0.147. The minimum Gasteiger partial charge on any atom is -0.469 e. The molecule has 0 heterocycles. The molecular formula is C28H32N6O9. The zero-order valence-corrected chi connectivity index (χ0v) is 24.1. The van der Waals surface area contributed by atoms with Crippen LogP contribution >= 0.6 is 0 Å². The number of rotatable bonds is 14. The Bertz CT molecular complexity index is 1390. The quantitative estimate of drug-likeness (QED) is 0.108. The standard InChI is InChI=1S/C28H32N6O9/c1-17(35)30-19-10-11-21(32-33-29)20(14-19)27(39)34(23(28(40)43-4)12-13-25(37)41-2)16-24(36)31-22(15-26(38)42-3)18-8-6-5-7-9-18/h5-11,14,22-23H,12-13,15-16H2,1-4H3,(H,30,35)(H,31,36)/t22?,23-/m0/s1. The molecular weight excluding hydrogens is 564 g/mol. The Kier molecular flexibility index (Phi) is 13.2. The molecule has 2 rings (SSSR count). The van der Waals surface area contributed by atoms with Gasteiger partial charge < -0.3 is 29.7 Å². The highest BCUT2D eigenvalue weighted by molar-refractivity contribution is 6.04. The molecule has 0 aliphatic carbocycles. The molecule has 3 amide bonds. The molecule has 15 heteroatoms. The predicted octanol–water partition coefficient (Wildman–Crippen LogP) is 2.94. The number of amides is 3. The summed E-state index contributed by atoms with van der Waals surface area (Å²) in [5, 5.41) is 8.72. The zero-order chi connectivity index (χ0) is 31.9. The largest absolute Gasteiger partial charge is 0.469 e. The lowest BCUT2D eigenvalue weighted by atomic mass is 10.0. The number of hydrogen-bond acceptors (Lipinski definition) is 10. The summed E-state index contributed by atoms with van der Waals surface area (Å²) in [5.41, 5.74) is 9.40. The average Bonchev–Trinajstić information content (AvgIpc) is 3.00. The summed E-state index contributed by atoms with van der Waals surface area (Å²) in [6.45, 7) is 0.501. The van der Waals surface area contributed by atoms with Crippen molar-refractivity contribution < 1.29 is 43.0 Å². The molecule has 0 aliphatic rings. The van der Waals surface area contributed by atoms with E-state index in [4.69, 9.17) is 15.0 Å². The number of methoxy groups -OCH3 is 3. The highest BCUT2D eigenvalue weighted by atomic mass is 16.5. The van der Waals surface area contributed by atoms with E-state index >= 15 is 0 Å². The van der Waals surface area contributed by atoms with Crippen LogP contribution in [0.3, 0.4) is 0 Å². The van der Waals surface area contributed by atoms with Crippen LogP contribution in [-0.2, 0) is 38.2 Å². The number of esters is 3. The van der Waals surface area contributed by atoms with E-state index in [1.807, 2.05) is 0 Å². The number of benzene rings is 2. The lowest BCUT2D eigenvalue weighted by Crippen LogP contribution is -2.50. The third-order valence-electron chi connectivity index (χ3n) is 6.11. The van der Waals surface area contributed by atoms with E-state index in [0.29, 0.717) is 5.56 Å². The first kappa shape index (κ1) is 33.8. The van der Waals surface area contributed by atoms with E-state index in [2.05, 4.69) is 25.4 Å². The van der Waals surface area contributed by atoms with Crippen LogP contribution in [-0.4, -0.2) is 74.4 Å². The Labute approximate surface area is 247 Å². The molecule has 2 N–H and O–H groups in total. The fourth-order valence-corrected chi connectivity index (χ4v) is 4.08. The first-order valence-corrected chi connectivity index (χ1v) is 12.9. The molecule has 2 aromatic carbocycles. The van der Waals surface area contributed by atoms with Crippen LogP contribution in [0.25, 0.3) is 10.4 Å². The third kappa shape index (κ3) is 10.2. The third-order valence-corrected chi connectivity index (χ3v) is 6.11. The fraction of sp³-hybridized carbons (Fsp3) is 0.357. The number of nitrogens with zero attached hydrogens (tertiary/aromatic N) is 4. The van der Waals surface area contributed by atoms with E-state index in [-0.39, 0.29) is 36.2 Å². The summed E-state index contributed by atoms with van der Waals surface area (Å²) in [5.74, 6) is -4.41. The number of carbonyl (C=O) groups excluding carboxylic acids is 6. The van der Waals surface area contributed by atoms with Crippen molar-refractivity contribution in [1.29, 1.82) is 0 Å². The number of nitrogens with one attached hydrogen (secondary N) is 2. The minimum absolute atomic E-state index is 0.156. The second kappa shape index (κ2) is 16.7. The highest BCUT2D eigenvalue weighted by Gasteiger charge is 2.35. The molecule has 2 aromatic rings. The molecule has 0 spiro atoms. The van der Waals surface area contributed by atoms with E-state index in [1.54, 1.807) is 30.3 Å². The minimum atomic E-state index is -1.47. The molecule has 0 bridgehead atoms. The van der Waals surface area contributed by atoms with Crippen molar-refractivity contribution in [2.45, 2.75) is 38.3 Å². The van der Waals surface area contributed by atoms with Gasteiger partial charge in [0.2, 0.25) is 11.8 Å². The van der Waals surface area contributed by atoms with Crippen LogP contribution < -0.4 is 10.6 Å². The Morgan fingerprint density at radius 1 is 0.953 bits per heavy atom. The summed E-state index contributed by atoms with van der Waals surface area (Å²) < 4.78 is 14.3. The zero-order valence-electron chi connectivity index (χ0n) is 24.1. The number of carbonyl (C=O) groups is 6. The van der Waals surface area contributed by atoms with Gasteiger partial charge >= 0.3 is 17.9 Å². The van der Waals surface area contributed by atoms with Gasteiger partial charge in [0.25, 0.3) is 5.91 Å². The van der Waals surface area contributed by atoms with Gasteiger partial charge in [0.15, 0.2) is 0 Å². The molecule has 0 saturated heterocycles. The molecule has 2 atom stereocenters. The topological polar surface area (TPSA) is 206 Å². The molecule has 0 saturated carbocycles. The number of ether oxygens (including phenoxy) is 3. The maximum atomic E-state index is 14.0. The molecule has 0 aliphatic heterocycles. The molecule has 15 nitrogen and oxygen atoms in total. The van der Waals surface area contributed by atoms with E-state index < -0.39 is 54.3 Å². The first-order chi connectivity index (χ1) is 20.5. The monoisotopic (exact) mass is 596 g/mol. The van der Waals surface area contributed by atoms with Gasteiger partial charge in [-0.2, -0.15) is 0 Å². The molecule has 43 heavy (non-hydrogen) atoms. The van der Waals surface area contributed by atoms with Gasteiger partial charge in [0.1, 0.15) is 12.6 Å². The van der Waals surface area contributed by atoms with E-state index in [9.17, 15) is 28.8 Å². The van der Waals surface area contributed by atoms with Gasteiger partial charge in [-0.05, 0) is 35.7 Å². The Balaban J connectivity index is 2.58. The smallest absolute Gasteiger partial charge is 0.328 e. The normalized spacial score (nSPS) is 11.5. The van der Waals surface area contributed by atoms with E-state index in [1.165, 1.54) is 32.2 Å². The summed E-state index contributed by atoms with van der Waals surface area (Å²) >= 11 is 0. The van der Waals surface area contributed by atoms with Gasteiger partial charge in [-0.3, -0.25) is 24.0 Å². The van der Waals surface area contributed by atoms with Crippen molar-refractivity contribution in [1.82, 2.24) is 10.2 Å². The second-order valence-electron chi connectivity index (χ2n) is 9.00. The summed E-state index contributed by atoms with van der Waals surface area (Å²) in [6, 6.07) is 10.1.